The number of para-hydroxylation sites is 2. The van der Waals surface area contributed by atoms with Crippen LogP contribution in [0.2, 0.25) is 0 Å². The SMILES string of the molecule is Cc1cccc2oc(-c3cccc4c3OCCN4)nc12. The zero-order chi connectivity index (χ0) is 13.5. The second-order valence-electron chi connectivity index (χ2n) is 4.90. The van der Waals surface area contributed by atoms with Gasteiger partial charge in [0.15, 0.2) is 11.3 Å². The van der Waals surface area contributed by atoms with Gasteiger partial charge < -0.3 is 14.5 Å². The van der Waals surface area contributed by atoms with Crippen LogP contribution in [0, 0.1) is 6.92 Å². The van der Waals surface area contributed by atoms with Gasteiger partial charge in [-0.25, -0.2) is 4.98 Å². The highest BCUT2D eigenvalue weighted by Crippen LogP contribution is 2.38. The van der Waals surface area contributed by atoms with Gasteiger partial charge in [0.1, 0.15) is 12.1 Å². The highest BCUT2D eigenvalue weighted by Gasteiger charge is 2.19. The summed E-state index contributed by atoms with van der Waals surface area (Å²) in [5.41, 5.74) is 4.71. The van der Waals surface area contributed by atoms with Crippen molar-refractivity contribution in [2.75, 3.05) is 18.5 Å². The third-order valence-corrected chi connectivity index (χ3v) is 3.53. The summed E-state index contributed by atoms with van der Waals surface area (Å²) in [7, 11) is 0. The number of aromatic nitrogens is 1. The lowest BCUT2D eigenvalue weighted by Crippen LogP contribution is -2.18. The van der Waals surface area contributed by atoms with Gasteiger partial charge in [-0.05, 0) is 30.7 Å². The van der Waals surface area contributed by atoms with Gasteiger partial charge in [-0.1, -0.05) is 18.2 Å². The number of aryl methyl sites for hydroxylation is 1. The second kappa shape index (κ2) is 4.27. The van der Waals surface area contributed by atoms with Crippen molar-refractivity contribution in [1.29, 1.82) is 0 Å². The Hall–Kier alpha value is -2.49. The van der Waals surface area contributed by atoms with Crippen LogP contribution in [0.3, 0.4) is 0 Å². The molecule has 0 amide bonds. The molecule has 1 aromatic heterocycles. The van der Waals surface area contributed by atoms with Gasteiger partial charge in [-0.3, -0.25) is 0 Å². The Morgan fingerprint density at radius 2 is 2.05 bits per heavy atom. The maximum atomic E-state index is 5.88. The summed E-state index contributed by atoms with van der Waals surface area (Å²) < 4.78 is 11.7. The molecule has 3 aromatic rings. The molecule has 4 rings (SSSR count). The summed E-state index contributed by atoms with van der Waals surface area (Å²) in [5, 5.41) is 3.32. The molecule has 1 aliphatic rings. The molecule has 20 heavy (non-hydrogen) atoms. The van der Waals surface area contributed by atoms with Crippen molar-refractivity contribution in [3.05, 3.63) is 42.0 Å². The van der Waals surface area contributed by atoms with Crippen molar-refractivity contribution in [2.24, 2.45) is 0 Å². The van der Waals surface area contributed by atoms with E-state index < -0.39 is 0 Å². The van der Waals surface area contributed by atoms with Crippen LogP contribution in [-0.2, 0) is 0 Å². The Bertz CT molecular complexity index is 792. The van der Waals surface area contributed by atoms with E-state index in [-0.39, 0.29) is 0 Å². The van der Waals surface area contributed by atoms with Crippen molar-refractivity contribution >= 4 is 16.8 Å². The van der Waals surface area contributed by atoms with Crippen LogP contribution in [0.5, 0.6) is 5.75 Å². The third kappa shape index (κ3) is 1.65. The lowest BCUT2D eigenvalue weighted by molar-refractivity contribution is 0.324. The van der Waals surface area contributed by atoms with Crippen molar-refractivity contribution in [1.82, 2.24) is 4.98 Å². The van der Waals surface area contributed by atoms with Crippen LogP contribution in [0.25, 0.3) is 22.6 Å². The van der Waals surface area contributed by atoms with E-state index in [4.69, 9.17) is 9.15 Å². The zero-order valence-corrected chi connectivity index (χ0v) is 11.1. The molecule has 0 bridgehead atoms. The van der Waals surface area contributed by atoms with E-state index in [1.807, 2.05) is 43.3 Å². The fourth-order valence-electron chi connectivity index (χ4n) is 2.54. The van der Waals surface area contributed by atoms with Crippen LogP contribution < -0.4 is 10.1 Å². The molecule has 0 fully saturated rings. The number of benzene rings is 2. The average Bonchev–Trinajstić information content (AvgIpc) is 2.92. The highest BCUT2D eigenvalue weighted by atomic mass is 16.5. The maximum absolute atomic E-state index is 5.88. The van der Waals surface area contributed by atoms with Crippen LogP contribution in [0.4, 0.5) is 5.69 Å². The van der Waals surface area contributed by atoms with Gasteiger partial charge in [-0.2, -0.15) is 0 Å². The molecule has 0 radical (unpaired) electrons. The molecule has 0 aliphatic carbocycles. The molecule has 0 saturated carbocycles. The molecule has 1 aliphatic heterocycles. The molecular weight excluding hydrogens is 252 g/mol. The minimum absolute atomic E-state index is 0.606. The first kappa shape index (κ1) is 11.3. The molecule has 2 aromatic carbocycles. The molecule has 0 spiro atoms. The highest BCUT2D eigenvalue weighted by molar-refractivity contribution is 5.82. The zero-order valence-electron chi connectivity index (χ0n) is 11.1. The van der Waals surface area contributed by atoms with E-state index >= 15 is 0 Å². The second-order valence-corrected chi connectivity index (χ2v) is 4.90. The molecule has 0 saturated heterocycles. The van der Waals surface area contributed by atoms with Crippen LogP contribution in [0.1, 0.15) is 5.56 Å². The van der Waals surface area contributed by atoms with Crippen LogP contribution in [-0.4, -0.2) is 18.1 Å². The van der Waals surface area contributed by atoms with Gasteiger partial charge in [0.05, 0.1) is 11.3 Å². The summed E-state index contributed by atoms with van der Waals surface area (Å²) in [6, 6.07) is 11.9. The number of hydrogen-bond donors (Lipinski definition) is 1. The summed E-state index contributed by atoms with van der Waals surface area (Å²) >= 11 is 0. The normalized spacial score (nSPS) is 13.7. The fraction of sp³-hybridized carbons (Fsp3) is 0.188. The van der Waals surface area contributed by atoms with Gasteiger partial charge in [0, 0.05) is 6.54 Å². The van der Waals surface area contributed by atoms with Gasteiger partial charge in [-0.15, -0.1) is 0 Å². The summed E-state index contributed by atoms with van der Waals surface area (Å²) in [6.07, 6.45) is 0. The van der Waals surface area contributed by atoms with Gasteiger partial charge >= 0.3 is 0 Å². The van der Waals surface area contributed by atoms with Crippen molar-refractivity contribution in [2.45, 2.75) is 6.92 Å². The summed E-state index contributed by atoms with van der Waals surface area (Å²) in [6.45, 7) is 3.51. The quantitative estimate of drug-likeness (QED) is 0.731. The Morgan fingerprint density at radius 3 is 2.95 bits per heavy atom. The maximum Gasteiger partial charge on any atom is 0.231 e. The number of oxazole rings is 1. The van der Waals surface area contributed by atoms with E-state index in [2.05, 4.69) is 10.3 Å². The summed E-state index contributed by atoms with van der Waals surface area (Å²) in [5.74, 6) is 1.43. The fourth-order valence-corrected chi connectivity index (χ4v) is 2.54. The van der Waals surface area contributed by atoms with E-state index in [1.54, 1.807) is 0 Å². The minimum Gasteiger partial charge on any atom is -0.489 e. The third-order valence-electron chi connectivity index (χ3n) is 3.53. The van der Waals surface area contributed by atoms with Crippen molar-refractivity contribution in [3.8, 4) is 17.2 Å². The predicted molar refractivity (Wildman–Crippen MR) is 78.2 cm³/mol. The van der Waals surface area contributed by atoms with E-state index in [1.165, 1.54) is 0 Å². The van der Waals surface area contributed by atoms with Crippen molar-refractivity contribution in [3.63, 3.8) is 0 Å². The topological polar surface area (TPSA) is 47.3 Å². The number of fused-ring (bicyclic) bond motifs is 2. The number of nitrogens with one attached hydrogen (secondary N) is 1. The predicted octanol–water partition coefficient (Wildman–Crippen LogP) is 3.61. The van der Waals surface area contributed by atoms with Gasteiger partial charge in [0.2, 0.25) is 5.89 Å². The molecule has 1 N–H and O–H groups in total. The Kier molecular flexibility index (Phi) is 2.42. The first-order valence-corrected chi connectivity index (χ1v) is 6.69. The van der Waals surface area contributed by atoms with Crippen molar-refractivity contribution < 1.29 is 9.15 Å². The molecule has 0 unspecified atom stereocenters. The standard InChI is InChI=1S/C16H14N2O2/c1-10-4-2-7-13-14(10)18-16(20-13)11-5-3-6-12-15(11)19-9-8-17-12/h2-7,17H,8-9H2,1H3. The molecule has 100 valence electrons. The number of ether oxygens (including phenoxy) is 1. The Morgan fingerprint density at radius 1 is 1.15 bits per heavy atom. The number of rotatable bonds is 1. The van der Waals surface area contributed by atoms with Crippen LogP contribution in [0.15, 0.2) is 40.8 Å². The first-order chi connectivity index (χ1) is 9.83. The minimum atomic E-state index is 0.606. The Balaban J connectivity index is 1.93. The molecule has 4 nitrogen and oxygen atoms in total. The van der Waals surface area contributed by atoms with E-state index in [0.717, 1.165) is 40.2 Å². The molecule has 4 heteroatoms. The molecule has 0 atom stereocenters. The van der Waals surface area contributed by atoms with Crippen LogP contribution >= 0.6 is 0 Å². The number of hydrogen-bond acceptors (Lipinski definition) is 4. The lowest BCUT2D eigenvalue weighted by Gasteiger charge is -2.20. The number of anilines is 1. The first-order valence-electron chi connectivity index (χ1n) is 6.69. The molecular formula is C16H14N2O2. The number of nitrogens with zero attached hydrogens (tertiary/aromatic N) is 1. The average molecular weight is 266 g/mol. The monoisotopic (exact) mass is 266 g/mol. The smallest absolute Gasteiger partial charge is 0.231 e. The Labute approximate surface area is 116 Å². The largest absolute Gasteiger partial charge is 0.489 e. The lowest BCUT2D eigenvalue weighted by atomic mass is 10.1. The van der Waals surface area contributed by atoms with E-state index in [9.17, 15) is 0 Å². The van der Waals surface area contributed by atoms with E-state index in [0.29, 0.717) is 12.5 Å². The molecule has 2 heterocycles. The summed E-state index contributed by atoms with van der Waals surface area (Å²) in [4.78, 5) is 4.62. The van der Waals surface area contributed by atoms with Gasteiger partial charge in [0.25, 0.3) is 0 Å².